The number of aryl methyl sites for hydroxylation is 1. The van der Waals surface area contributed by atoms with Crippen LogP contribution in [0.2, 0.25) is 5.15 Å². The molecular formula is C14H13ClN2O3S. The van der Waals surface area contributed by atoms with Gasteiger partial charge in [-0.05, 0) is 30.0 Å². The Morgan fingerprint density at radius 1 is 1.48 bits per heavy atom. The molecule has 0 aromatic carbocycles. The molecule has 7 heteroatoms. The second kappa shape index (κ2) is 6.69. The van der Waals surface area contributed by atoms with Gasteiger partial charge >= 0.3 is 5.97 Å². The summed E-state index contributed by atoms with van der Waals surface area (Å²) in [4.78, 5) is 28.2. The normalized spacial score (nSPS) is 11.9. The number of halogens is 1. The zero-order valence-electron chi connectivity index (χ0n) is 11.2. The zero-order chi connectivity index (χ0) is 15.4. The molecular weight excluding hydrogens is 312 g/mol. The van der Waals surface area contributed by atoms with Crippen molar-refractivity contribution in [2.75, 3.05) is 0 Å². The van der Waals surface area contributed by atoms with Crippen molar-refractivity contribution < 1.29 is 14.7 Å². The van der Waals surface area contributed by atoms with Crippen LogP contribution in [0.3, 0.4) is 0 Å². The number of pyridine rings is 1. The topological polar surface area (TPSA) is 79.3 Å². The molecule has 1 atom stereocenters. The molecule has 2 aromatic rings. The van der Waals surface area contributed by atoms with Gasteiger partial charge in [0.2, 0.25) is 0 Å². The van der Waals surface area contributed by atoms with Crippen molar-refractivity contribution in [2.24, 2.45) is 0 Å². The van der Waals surface area contributed by atoms with Gasteiger partial charge in [-0.1, -0.05) is 24.6 Å². The molecule has 0 radical (unpaired) electrons. The number of thiophene rings is 1. The first-order valence-corrected chi connectivity index (χ1v) is 7.50. The van der Waals surface area contributed by atoms with Crippen LogP contribution in [-0.4, -0.2) is 22.0 Å². The summed E-state index contributed by atoms with van der Waals surface area (Å²) in [6.07, 6.45) is 0.633. The summed E-state index contributed by atoms with van der Waals surface area (Å²) in [5, 5.41) is 13.7. The molecule has 2 rings (SSSR count). The number of carboxylic acid groups (broad SMARTS) is 1. The maximum atomic E-state index is 12.2. The first-order chi connectivity index (χ1) is 10.0. The fraction of sp³-hybridized carbons (Fsp3) is 0.214. The van der Waals surface area contributed by atoms with Crippen LogP contribution in [-0.2, 0) is 11.2 Å². The minimum Gasteiger partial charge on any atom is -0.479 e. The predicted molar refractivity (Wildman–Crippen MR) is 80.8 cm³/mol. The Morgan fingerprint density at radius 2 is 2.24 bits per heavy atom. The molecule has 5 nitrogen and oxygen atoms in total. The van der Waals surface area contributed by atoms with Crippen LogP contribution in [0.1, 0.15) is 33.9 Å². The molecule has 0 saturated carbocycles. The van der Waals surface area contributed by atoms with Gasteiger partial charge in [-0.2, -0.15) is 0 Å². The Balaban J connectivity index is 2.23. The highest BCUT2D eigenvalue weighted by atomic mass is 35.5. The lowest BCUT2D eigenvalue weighted by Gasteiger charge is -2.13. The number of hydrogen-bond donors (Lipinski definition) is 2. The van der Waals surface area contributed by atoms with E-state index in [2.05, 4.69) is 10.3 Å². The molecule has 2 aromatic heterocycles. The van der Waals surface area contributed by atoms with E-state index < -0.39 is 17.9 Å². The largest absolute Gasteiger partial charge is 0.479 e. The first-order valence-electron chi connectivity index (χ1n) is 6.24. The lowest BCUT2D eigenvalue weighted by molar-refractivity contribution is -0.139. The van der Waals surface area contributed by atoms with Gasteiger partial charge in [0.1, 0.15) is 5.15 Å². The van der Waals surface area contributed by atoms with Gasteiger partial charge in [0.15, 0.2) is 6.04 Å². The van der Waals surface area contributed by atoms with E-state index in [4.69, 9.17) is 11.6 Å². The Morgan fingerprint density at radius 3 is 2.81 bits per heavy atom. The van der Waals surface area contributed by atoms with Crippen molar-refractivity contribution in [1.82, 2.24) is 10.3 Å². The fourth-order valence-corrected chi connectivity index (χ4v) is 2.78. The highest BCUT2D eigenvalue weighted by Gasteiger charge is 2.23. The zero-order valence-corrected chi connectivity index (χ0v) is 12.7. The summed E-state index contributed by atoms with van der Waals surface area (Å²) in [6, 6.07) is 5.36. The van der Waals surface area contributed by atoms with Crippen LogP contribution in [0.25, 0.3) is 0 Å². The third-order valence-corrected chi connectivity index (χ3v) is 3.95. The van der Waals surface area contributed by atoms with Crippen LogP contribution in [0.15, 0.2) is 29.6 Å². The van der Waals surface area contributed by atoms with E-state index in [1.54, 1.807) is 23.6 Å². The van der Waals surface area contributed by atoms with Gasteiger partial charge in [-0.15, -0.1) is 11.3 Å². The second-order valence-corrected chi connectivity index (χ2v) is 5.65. The number of nitrogens with zero attached hydrogens (tertiary/aromatic N) is 1. The third-order valence-electron chi connectivity index (χ3n) is 2.82. The average Bonchev–Trinajstić information content (AvgIpc) is 2.97. The molecule has 2 heterocycles. The van der Waals surface area contributed by atoms with Gasteiger partial charge in [-0.25, -0.2) is 9.78 Å². The molecule has 2 N–H and O–H groups in total. The standard InChI is InChI=1S/C14H13ClN2O3S/c1-2-9-6-8(7-11(15)16-9)13(18)17-12(14(19)20)10-4-3-5-21-10/h3-7,12H,2H2,1H3,(H,17,18)(H,19,20). The van der Waals surface area contributed by atoms with Gasteiger partial charge in [0.05, 0.1) is 0 Å². The number of carbonyl (C=O) groups is 2. The van der Waals surface area contributed by atoms with Crippen LogP contribution in [0, 0.1) is 0 Å². The number of carbonyl (C=O) groups excluding carboxylic acids is 1. The van der Waals surface area contributed by atoms with Crippen molar-refractivity contribution in [3.05, 3.63) is 50.9 Å². The number of aromatic nitrogens is 1. The van der Waals surface area contributed by atoms with E-state index in [-0.39, 0.29) is 5.15 Å². The van der Waals surface area contributed by atoms with Crippen molar-refractivity contribution in [2.45, 2.75) is 19.4 Å². The van der Waals surface area contributed by atoms with E-state index in [1.165, 1.54) is 17.4 Å². The van der Waals surface area contributed by atoms with Gasteiger partial charge in [0.25, 0.3) is 5.91 Å². The first kappa shape index (κ1) is 15.5. The summed E-state index contributed by atoms with van der Waals surface area (Å²) >= 11 is 7.14. The van der Waals surface area contributed by atoms with Crippen molar-refractivity contribution in [1.29, 1.82) is 0 Å². The number of nitrogens with one attached hydrogen (secondary N) is 1. The summed E-state index contributed by atoms with van der Waals surface area (Å²) in [7, 11) is 0. The second-order valence-electron chi connectivity index (χ2n) is 4.28. The van der Waals surface area contributed by atoms with Gasteiger partial charge in [0, 0.05) is 16.1 Å². The molecule has 1 amide bonds. The Hall–Kier alpha value is -1.92. The summed E-state index contributed by atoms with van der Waals surface area (Å²) in [5.74, 6) is -1.60. The van der Waals surface area contributed by atoms with Crippen molar-refractivity contribution in [3.8, 4) is 0 Å². The number of aliphatic carboxylic acids is 1. The van der Waals surface area contributed by atoms with Crippen molar-refractivity contribution in [3.63, 3.8) is 0 Å². The molecule has 1 unspecified atom stereocenters. The quantitative estimate of drug-likeness (QED) is 0.829. The number of carboxylic acids is 1. The molecule has 110 valence electrons. The number of hydrogen-bond acceptors (Lipinski definition) is 4. The van der Waals surface area contributed by atoms with Crippen LogP contribution >= 0.6 is 22.9 Å². The van der Waals surface area contributed by atoms with E-state index in [9.17, 15) is 14.7 Å². The van der Waals surface area contributed by atoms with E-state index >= 15 is 0 Å². The van der Waals surface area contributed by atoms with Crippen LogP contribution in [0.4, 0.5) is 0 Å². The van der Waals surface area contributed by atoms with E-state index in [0.29, 0.717) is 22.6 Å². The van der Waals surface area contributed by atoms with Crippen LogP contribution in [0.5, 0.6) is 0 Å². The lowest BCUT2D eigenvalue weighted by Crippen LogP contribution is -2.33. The summed E-state index contributed by atoms with van der Waals surface area (Å²) in [6.45, 7) is 1.89. The minimum absolute atomic E-state index is 0.211. The predicted octanol–water partition coefficient (Wildman–Crippen LogP) is 2.91. The monoisotopic (exact) mass is 324 g/mol. The smallest absolute Gasteiger partial charge is 0.331 e. The van der Waals surface area contributed by atoms with Crippen LogP contribution < -0.4 is 5.32 Å². The molecule has 0 saturated heterocycles. The number of amides is 1. The summed E-state index contributed by atoms with van der Waals surface area (Å²) in [5.41, 5.74) is 0.977. The fourth-order valence-electron chi connectivity index (χ4n) is 1.79. The Bertz CT molecular complexity index is 658. The van der Waals surface area contributed by atoms with E-state index in [1.807, 2.05) is 6.92 Å². The maximum Gasteiger partial charge on any atom is 0.331 e. The third kappa shape index (κ3) is 3.80. The summed E-state index contributed by atoms with van der Waals surface area (Å²) < 4.78 is 0. The maximum absolute atomic E-state index is 12.2. The van der Waals surface area contributed by atoms with Crippen molar-refractivity contribution >= 4 is 34.8 Å². The van der Waals surface area contributed by atoms with Gasteiger partial charge < -0.3 is 10.4 Å². The molecule has 0 aliphatic carbocycles. The Labute approximate surface area is 130 Å². The van der Waals surface area contributed by atoms with Gasteiger partial charge in [-0.3, -0.25) is 4.79 Å². The average molecular weight is 325 g/mol. The molecule has 0 spiro atoms. The molecule has 0 aliphatic rings. The number of rotatable bonds is 5. The molecule has 21 heavy (non-hydrogen) atoms. The van der Waals surface area contributed by atoms with E-state index in [0.717, 1.165) is 0 Å². The highest BCUT2D eigenvalue weighted by Crippen LogP contribution is 2.20. The molecule has 0 fully saturated rings. The SMILES string of the molecule is CCc1cc(C(=O)NC(C(=O)O)c2cccs2)cc(Cl)n1. The minimum atomic E-state index is -1.11. The molecule has 0 aliphatic heterocycles. The highest BCUT2D eigenvalue weighted by molar-refractivity contribution is 7.10. The lowest BCUT2D eigenvalue weighted by atomic mass is 10.1. The molecule has 0 bridgehead atoms. The Kier molecular flexibility index (Phi) is 4.93.